The van der Waals surface area contributed by atoms with Crippen molar-refractivity contribution in [3.63, 3.8) is 0 Å². The summed E-state index contributed by atoms with van der Waals surface area (Å²) in [5.41, 5.74) is 4.86. The fourth-order valence-corrected chi connectivity index (χ4v) is 2.68. The maximum Gasteiger partial charge on any atom is 0.326 e. The lowest BCUT2D eigenvalue weighted by Gasteiger charge is -2.29. The lowest BCUT2D eigenvalue weighted by molar-refractivity contribution is -0.416. The van der Waals surface area contributed by atoms with Crippen molar-refractivity contribution in [3.8, 4) is 0 Å². The third-order valence-corrected chi connectivity index (χ3v) is 3.66. The Balaban J connectivity index is 2.87. The Hall–Kier alpha value is -2.12. The molecule has 0 aliphatic carbocycles. The van der Waals surface area contributed by atoms with Crippen LogP contribution in [0.25, 0.3) is 0 Å². The quantitative estimate of drug-likeness (QED) is 0.340. The summed E-state index contributed by atoms with van der Waals surface area (Å²) in [6.07, 6.45) is 3.30. The molecule has 3 N–H and O–H groups in total. The molecule has 1 aliphatic rings. The minimum absolute atomic E-state index is 0.0665. The third kappa shape index (κ3) is 4.44. The molecule has 0 radical (unpaired) electrons. The van der Waals surface area contributed by atoms with E-state index < -0.39 is 4.92 Å². The van der Waals surface area contributed by atoms with Gasteiger partial charge in [0.15, 0.2) is 0 Å². The zero-order chi connectivity index (χ0) is 16.0. The van der Waals surface area contributed by atoms with Crippen LogP contribution >= 0.6 is 0 Å². The van der Waals surface area contributed by atoms with Crippen molar-refractivity contribution in [2.24, 2.45) is 10.7 Å². The van der Waals surface area contributed by atoms with Crippen LogP contribution in [0.5, 0.6) is 0 Å². The Morgan fingerprint density at radius 1 is 1.48 bits per heavy atom. The summed E-state index contributed by atoms with van der Waals surface area (Å²) in [6, 6.07) is 0. The predicted molar refractivity (Wildman–Crippen MR) is 80.3 cm³/mol. The number of nitro groups is 1. The van der Waals surface area contributed by atoms with Crippen LogP contribution in [0, 0.1) is 10.1 Å². The number of carbonyl (C=O) groups is 1. The number of carbonyl (C=O) groups excluding carboxylic acids is 1. The maximum absolute atomic E-state index is 11.3. The van der Waals surface area contributed by atoms with Gasteiger partial charge in [-0.25, -0.2) is 0 Å². The van der Waals surface area contributed by atoms with E-state index in [0.717, 1.165) is 19.0 Å². The first-order valence-electron chi connectivity index (χ1n) is 6.90. The maximum atomic E-state index is 11.3. The molecule has 1 saturated heterocycles. The number of amidine groups is 1. The number of likely N-dealkylation sites (tertiary alicyclic amines) is 1. The average Bonchev–Trinajstić information content (AvgIpc) is 2.56. The molecule has 21 heavy (non-hydrogen) atoms. The molecular weight excluding hydrogens is 274 g/mol. The van der Waals surface area contributed by atoms with E-state index in [-0.39, 0.29) is 23.0 Å². The van der Waals surface area contributed by atoms with Crippen molar-refractivity contribution in [1.82, 2.24) is 10.2 Å². The summed E-state index contributed by atoms with van der Waals surface area (Å²) in [4.78, 5) is 27.7. The van der Waals surface area contributed by atoms with Gasteiger partial charge in [-0.05, 0) is 26.2 Å². The highest BCUT2D eigenvalue weighted by Gasteiger charge is 2.32. The normalized spacial score (nSPS) is 24.4. The molecule has 1 aliphatic heterocycles. The molecule has 1 unspecified atom stereocenters. The van der Waals surface area contributed by atoms with Crippen LogP contribution in [0.4, 0.5) is 0 Å². The molecule has 1 fully saturated rings. The van der Waals surface area contributed by atoms with Gasteiger partial charge in [0.05, 0.1) is 11.1 Å². The van der Waals surface area contributed by atoms with Gasteiger partial charge >= 0.3 is 5.70 Å². The van der Waals surface area contributed by atoms with Gasteiger partial charge < -0.3 is 16.0 Å². The molecule has 0 bridgehead atoms. The van der Waals surface area contributed by atoms with Crippen molar-refractivity contribution in [2.75, 3.05) is 20.1 Å². The fraction of sp³-hybridized carbons (Fsp3) is 0.692. The highest BCUT2D eigenvalue weighted by Crippen LogP contribution is 2.23. The molecule has 1 heterocycles. The summed E-state index contributed by atoms with van der Waals surface area (Å²) in [7, 11) is 1.51. The van der Waals surface area contributed by atoms with Gasteiger partial charge in [-0.1, -0.05) is 0 Å². The van der Waals surface area contributed by atoms with Crippen LogP contribution < -0.4 is 11.1 Å². The lowest BCUT2D eigenvalue weighted by Crippen LogP contribution is -2.46. The van der Waals surface area contributed by atoms with Crippen LogP contribution in [0.15, 0.2) is 16.9 Å². The van der Waals surface area contributed by atoms with Gasteiger partial charge in [0, 0.05) is 32.6 Å². The Bertz CT molecular complexity index is 474. The van der Waals surface area contributed by atoms with Crippen LogP contribution in [-0.4, -0.2) is 47.2 Å². The standard InChI is InChI=1S/C13H23N5O3/c1-10(19)16-13(2)5-4-7-17(8-6-13)12(15-3)11(9-14)18(20)21/h9H,4-8,14H2,1-3H3,(H,16,19)/b11-9+,15-12?. The largest absolute Gasteiger partial charge is 0.399 e. The molecule has 1 atom stereocenters. The van der Waals surface area contributed by atoms with E-state index in [9.17, 15) is 14.9 Å². The molecule has 0 aromatic carbocycles. The molecule has 0 spiro atoms. The number of nitrogens with one attached hydrogen (secondary N) is 1. The number of rotatable bonds is 3. The highest BCUT2D eigenvalue weighted by molar-refractivity contribution is 5.96. The van der Waals surface area contributed by atoms with Gasteiger partial charge in [0.2, 0.25) is 11.7 Å². The summed E-state index contributed by atoms with van der Waals surface area (Å²) in [5.74, 6) is 0.220. The molecule has 8 heteroatoms. The van der Waals surface area contributed by atoms with E-state index in [1.165, 1.54) is 14.0 Å². The first-order chi connectivity index (χ1) is 9.83. The summed E-state index contributed by atoms with van der Waals surface area (Å²) < 4.78 is 0. The Morgan fingerprint density at radius 2 is 2.14 bits per heavy atom. The summed E-state index contributed by atoms with van der Waals surface area (Å²) in [5, 5.41) is 14.0. The minimum atomic E-state index is -0.528. The first kappa shape index (κ1) is 16.9. The topological polar surface area (TPSA) is 114 Å². The minimum Gasteiger partial charge on any atom is -0.399 e. The van der Waals surface area contributed by atoms with E-state index in [4.69, 9.17) is 5.73 Å². The lowest BCUT2D eigenvalue weighted by atomic mass is 9.93. The summed E-state index contributed by atoms with van der Waals surface area (Å²) in [6.45, 7) is 4.71. The van der Waals surface area contributed by atoms with E-state index >= 15 is 0 Å². The predicted octanol–water partition coefficient (Wildman–Crippen LogP) is 0.472. The fourth-order valence-electron chi connectivity index (χ4n) is 2.68. The molecular formula is C13H23N5O3. The zero-order valence-corrected chi connectivity index (χ0v) is 12.8. The number of amides is 1. The van der Waals surface area contributed by atoms with Crippen LogP contribution in [0.2, 0.25) is 0 Å². The second-order valence-corrected chi connectivity index (χ2v) is 5.44. The molecule has 0 aromatic rings. The molecule has 0 saturated carbocycles. The number of hydrogen-bond acceptors (Lipinski definition) is 5. The van der Waals surface area contributed by atoms with Gasteiger partial charge in [-0.15, -0.1) is 0 Å². The Labute approximate surface area is 124 Å². The van der Waals surface area contributed by atoms with E-state index in [1.54, 1.807) is 0 Å². The molecule has 118 valence electrons. The van der Waals surface area contributed by atoms with Crippen LogP contribution in [0.1, 0.15) is 33.1 Å². The van der Waals surface area contributed by atoms with Gasteiger partial charge in [0.1, 0.15) is 0 Å². The van der Waals surface area contributed by atoms with E-state index in [1.807, 2.05) is 11.8 Å². The summed E-state index contributed by atoms with van der Waals surface area (Å²) >= 11 is 0. The monoisotopic (exact) mass is 297 g/mol. The van der Waals surface area contributed by atoms with Crippen molar-refractivity contribution >= 4 is 11.7 Å². The third-order valence-electron chi connectivity index (χ3n) is 3.66. The van der Waals surface area contributed by atoms with Gasteiger partial charge in [0.25, 0.3) is 0 Å². The SMILES string of the molecule is CN=C(/C(=C\N)[N+](=O)[O-])N1CCCC(C)(NC(C)=O)CC1. The molecule has 0 aromatic heterocycles. The molecule has 1 amide bonds. The molecule has 1 rings (SSSR count). The van der Waals surface area contributed by atoms with Gasteiger partial charge in [-0.2, -0.15) is 0 Å². The van der Waals surface area contributed by atoms with Crippen LogP contribution in [-0.2, 0) is 4.79 Å². The zero-order valence-electron chi connectivity index (χ0n) is 12.8. The number of nitrogens with zero attached hydrogens (tertiary/aromatic N) is 3. The van der Waals surface area contributed by atoms with Crippen molar-refractivity contribution < 1.29 is 9.72 Å². The average molecular weight is 297 g/mol. The Morgan fingerprint density at radius 3 is 2.62 bits per heavy atom. The smallest absolute Gasteiger partial charge is 0.326 e. The van der Waals surface area contributed by atoms with E-state index in [2.05, 4.69) is 10.3 Å². The van der Waals surface area contributed by atoms with Crippen molar-refractivity contribution in [2.45, 2.75) is 38.6 Å². The first-order valence-corrected chi connectivity index (χ1v) is 6.90. The van der Waals surface area contributed by atoms with E-state index in [0.29, 0.717) is 19.5 Å². The van der Waals surface area contributed by atoms with Crippen LogP contribution in [0.3, 0.4) is 0 Å². The second kappa shape index (κ2) is 7.05. The van der Waals surface area contributed by atoms with Gasteiger partial charge in [-0.3, -0.25) is 19.9 Å². The number of hydrogen-bond donors (Lipinski definition) is 2. The highest BCUT2D eigenvalue weighted by atomic mass is 16.6. The molecule has 8 nitrogen and oxygen atoms in total. The van der Waals surface area contributed by atoms with Crippen molar-refractivity contribution in [1.29, 1.82) is 0 Å². The second-order valence-electron chi connectivity index (χ2n) is 5.44. The number of nitrogens with two attached hydrogens (primary N) is 1. The van der Waals surface area contributed by atoms with Crippen molar-refractivity contribution in [3.05, 3.63) is 22.0 Å². The Kier molecular flexibility index (Phi) is 5.69. The number of aliphatic imine (C=N–C) groups is 1.